The molecule has 1 unspecified atom stereocenters. The largest absolute Gasteiger partial charge is 0.417 e. The Morgan fingerprint density at radius 3 is 2.81 bits per heavy atom. The first-order valence-electron chi connectivity index (χ1n) is 4.73. The zero-order valence-corrected chi connectivity index (χ0v) is 8.43. The third-order valence-electron chi connectivity index (χ3n) is 2.59. The predicted molar refractivity (Wildman–Crippen MR) is 49.5 cm³/mol. The number of alkyl halides is 3. The standard InChI is InChI=1S/C10H9F3N2O/c1-5-8-6(3-15-9(5)16)2-7(4-14-8)10(11,12)13/h2,4-5H,3H2,1H3,(H,15,16). The first kappa shape index (κ1) is 10.9. The molecule has 6 heteroatoms. The van der Waals surface area contributed by atoms with Gasteiger partial charge in [0.15, 0.2) is 0 Å². The fraction of sp³-hybridized carbons (Fsp3) is 0.400. The van der Waals surface area contributed by atoms with Gasteiger partial charge in [0, 0.05) is 12.7 Å². The highest BCUT2D eigenvalue weighted by molar-refractivity contribution is 5.84. The molecule has 0 saturated heterocycles. The molecule has 0 radical (unpaired) electrons. The van der Waals surface area contributed by atoms with Crippen molar-refractivity contribution in [3.8, 4) is 0 Å². The van der Waals surface area contributed by atoms with Crippen molar-refractivity contribution in [1.29, 1.82) is 0 Å². The second-order valence-corrected chi connectivity index (χ2v) is 3.71. The van der Waals surface area contributed by atoms with Gasteiger partial charge in [0.2, 0.25) is 5.91 Å². The Hall–Kier alpha value is -1.59. The quantitative estimate of drug-likeness (QED) is 0.738. The fourth-order valence-corrected chi connectivity index (χ4v) is 1.67. The van der Waals surface area contributed by atoms with Crippen LogP contribution in [0.2, 0.25) is 0 Å². The van der Waals surface area contributed by atoms with E-state index in [0.717, 1.165) is 12.3 Å². The Morgan fingerprint density at radius 1 is 1.50 bits per heavy atom. The van der Waals surface area contributed by atoms with Crippen molar-refractivity contribution in [2.45, 2.75) is 25.6 Å². The number of nitrogens with one attached hydrogen (secondary N) is 1. The number of hydrogen-bond acceptors (Lipinski definition) is 2. The van der Waals surface area contributed by atoms with Crippen molar-refractivity contribution in [1.82, 2.24) is 10.3 Å². The molecular formula is C10H9F3N2O. The van der Waals surface area contributed by atoms with Crippen LogP contribution in [0.15, 0.2) is 12.3 Å². The maximum atomic E-state index is 12.4. The van der Waals surface area contributed by atoms with E-state index >= 15 is 0 Å². The van der Waals surface area contributed by atoms with Gasteiger partial charge in [-0.25, -0.2) is 0 Å². The molecule has 2 rings (SSSR count). The summed E-state index contributed by atoms with van der Waals surface area (Å²) in [6.07, 6.45) is -3.62. The Kier molecular flexibility index (Phi) is 2.36. The third kappa shape index (κ3) is 1.75. The zero-order valence-electron chi connectivity index (χ0n) is 8.43. The molecule has 1 N–H and O–H groups in total. The van der Waals surface area contributed by atoms with Crippen LogP contribution in [0.25, 0.3) is 0 Å². The molecule has 0 bridgehead atoms. The van der Waals surface area contributed by atoms with Crippen LogP contribution >= 0.6 is 0 Å². The summed E-state index contributed by atoms with van der Waals surface area (Å²) in [5.74, 6) is -0.703. The maximum Gasteiger partial charge on any atom is 0.417 e. The Balaban J connectivity index is 2.45. The Labute approximate surface area is 89.7 Å². The summed E-state index contributed by atoms with van der Waals surface area (Å²) >= 11 is 0. The molecule has 1 aliphatic heterocycles. The molecule has 0 aliphatic carbocycles. The van der Waals surface area contributed by atoms with Gasteiger partial charge in [0.25, 0.3) is 0 Å². The summed E-state index contributed by atoms with van der Waals surface area (Å²) < 4.78 is 37.2. The van der Waals surface area contributed by atoms with Crippen LogP contribution in [0.5, 0.6) is 0 Å². The summed E-state index contributed by atoms with van der Waals surface area (Å²) in [6.45, 7) is 1.73. The summed E-state index contributed by atoms with van der Waals surface area (Å²) in [7, 11) is 0. The molecule has 1 aliphatic rings. The normalized spacial score (nSPS) is 20.2. The second-order valence-electron chi connectivity index (χ2n) is 3.71. The number of carbonyl (C=O) groups is 1. The van der Waals surface area contributed by atoms with Crippen molar-refractivity contribution in [2.75, 3.05) is 0 Å². The number of nitrogens with zero attached hydrogens (tertiary/aromatic N) is 1. The molecule has 86 valence electrons. The molecule has 16 heavy (non-hydrogen) atoms. The van der Waals surface area contributed by atoms with E-state index in [1.54, 1.807) is 6.92 Å². The van der Waals surface area contributed by atoms with Gasteiger partial charge in [0.1, 0.15) is 0 Å². The molecule has 0 spiro atoms. The van der Waals surface area contributed by atoms with Crippen LogP contribution in [0.4, 0.5) is 13.2 Å². The first-order valence-corrected chi connectivity index (χ1v) is 4.73. The van der Waals surface area contributed by atoms with Gasteiger partial charge in [0.05, 0.1) is 17.2 Å². The summed E-state index contributed by atoms with van der Waals surface area (Å²) in [6, 6.07) is 1.04. The number of pyridine rings is 1. The maximum absolute atomic E-state index is 12.4. The van der Waals surface area contributed by atoms with Gasteiger partial charge in [-0.05, 0) is 18.6 Å². The molecule has 2 heterocycles. The lowest BCUT2D eigenvalue weighted by Crippen LogP contribution is -2.34. The number of carbonyl (C=O) groups excluding carboxylic acids is 1. The van der Waals surface area contributed by atoms with Crippen LogP contribution in [0, 0.1) is 0 Å². The van der Waals surface area contributed by atoms with Crippen molar-refractivity contribution in [3.05, 3.63) is 29.1 Å². The van der Waals surface area contributed by atoms with Crippen molar-refractivity contribution in [2.24, 2.45) is 0 Å². The minimum Gasteiger partial charge on any atom is -0.351 e. The van der Waals surface area contributed by atoms with Gasteiger partial charge >= 0.3 is 6.18 Å². The van der Waals surface area contributed by atoms with E-state index in [2.05, 4.69) is 10.3 Å². The minimum atomic E-state index is -4.40. The van der Waals surface area contributed by atoms with Crippen LogP contribution < -0.4 is 5.32 Å². The molecule has 1 aromatic rings. The number of amides is 1. The van der Waals surface area contributed by atoms with Crippen LogP contribution in [-0.4, -0.2) is 10.9 Å². The number of hydrogen-bond donors (Lipinski definition) is 1. The lowest BCUT2D eigenvalue weighted by molar-refractivity contribution is -0.137. The lowest BCUT2D eigenvalue weighted by atomic mass is 9.96. The van der Waals surface area contributed by atoms with Crippen molar-refractivity contribution >= 4 is 5.91 Å². The average Bonchev–Trinajstić information content (AvgIpc) is 2.22. The molecule has 0 aromatic carbocycles. The molecule has 1 atom stereocenters. The second kappa shape index (κ2) is 3.47. The monoisotopic (exact) mass is 230 g/mol. The molecule has 0 saturated carbocycles. The summed E-state index contributed by atoms with van der Waals surface area (Å²) in [4.78, 5) is 15.0. The average molecular weight is 230 g/mol. The Morgan fingerprint density at radius 2 is 2.19 bits per heavy atom. The van der Waals surface area contributed by atoms with E-state index in [1.807, 2.05) is 0 Å². The van der Waals surface area contributed by atoms with Gasteiger partial charge in [-0.3, -0.25) is 9.78 Å². The van der Waals surface area contributed by atoms with Crippen LogP contribution in [0.3, 0.4) is 0 Å². The molecule has 0 fully saturated rings. The molecular weight excluding hydrogens is 221 g/mol. The number of rotatable bonds is 0. The highest BCUT2D eigenvalue weighted by atomic mass is 19.4. The molecule has 1 aromatic heterocycles. The van der Waals surface area contributed by atoms with E-state index in [1.165, 1.54) is 0 Å². The number of halogens is 3. The van der Waals surface area contributed by atoms with Crippen LogP contribution in [0.1, 0.15) is 29.7 Å². The SMILES string of the molecule is CC1C(=O)NCc2cc(C(F)(F)F)cnc21. The summed E-state index contributed by atoms with van der Waals surface area (Å²) in [5.41, 5.74) is 0.0771. The number of aromatic nitrogens is 1. The van der Waals surface area contributed by atoms with E-state index in [4.69, 9.17) is 0 Å². The van der Waals surface area contributed by atoms with Gasteiger partial charge in [-0.15, -0.1) is 0 Å². The first-order chi connectivity index (χ1) is 7.39. The smallest absolute Gasteiger partial charge is 0.351 e. The Bertz CT molecular complexity index is 442. The van der Waals surface area contributed by atoms with E-state index in [-0.39, 0.29) is 12.5 Å². The van der Waals surface area contributed by atoms with Gasteiger partial charge in [-0.1, -0.05) is 0 Å². The van der Waals surface area contributed by atoms with E-state index in [0.29, 0.717) is 11.3 Å². The topological polar surface area (TPSA) is 42.0 Å². The third-order valence-corrected chi connectivity index (χ3v) is 2.59. The summed E-state index contributed by atoms with van der Waals surface area (Å²) in [5, 5.41) is 2.52. The van der Waals surface area contributed by atoms with E-state index < -0.39 is 17.7 Å². The van der Waals surface area contributed by atoms with Crippen molar-refractivity contribution in [3.63, 3.8) is 0 Å². The predicted octanol–water partition coefficient (Wildman–Crippen LogP) is 1.83. The van der Waals surface area contributed by atoms with Gasteiger partial charge in [-0.2, -0.15) is 13.2 Å². The molecule has 1 amide bonds. The highest BCUT2D eigenvalue weighted by Gasteiger charge is 2.33. The van der Waals surface area contributed by atoms with Gasteiger partial charge < -0.3 is 5.32 Å². The molecule has 3 nitrogen and oxygen atoms in total. The van der Waals surface area contributed by atoms with E-state index in [9.17, 15) is 18.0 Å². The zero-order chi connectivity index (χ0) is 11.9. The minimum absolute atomic E-state index is 0.107. The number of fused-ring (bicyclic) bond motifs is 1. The fourth-order valence-electron chi connectivity index (χ4n) is 1.67. The van der Waals surface area contributed by atoms with Crippen LogP contribution in [-0.2, 0) is 17.5 Å². The highest BCUT2D eigenvalue weighted by Crippen LogP contribution is 2.32. The van der Waals surface area contributed by atoms with Crippen molar-refractivity contribution < 1.29 is 18.0 Å². The lowest BCUT2D eigenvalue weighted by Gasteiger charge is -2.22.